The molecule has 1 aliphatic carbocycles. The van der Waals surface area contributed by atoms with Gasteiger partial charge in [0.2, 0.25) is 0 Å². The Kier molecular flexibility index (Phi) is 7.59. The van der Waals surface area contributed by atoms with Crippen LogP contribution in [-0.2, 0) is 22.4 Å². The molecule has 0 bridgehead atoms. The van der Waals surface area contributed by atoms with Gasteiger partial charge in [0.05, 0.1) is 0 Å². The summed E-state index contributed by atoms with van der Waals surface area (Å²) in [5, 5.41) is 8.87. The third-order valence-corrected chi connectivity index (χ3v) is 6.97. The number of benzene rings is 1. The number of halogens is 1. The quantitative estimate of drug-likeness (QED) is 0.697. The van der Waals surface area contributed by atoms with Gasteiger partial charge in [-0.25, -0.2) is 4.79 Å². The second-order valence-electron chi connectivity index (χ2n) is 9.00. The van der Waals surface area contributed by atoms with E-state index in [1.807, 2.05) is 6.07 Å². The maximum Gasteiger partial charge on any atom is 0.331 e. The van der Waals surface area contributed by atoms with Crippen molar-refractivity contribution in [3.8, 4) is 0 Å². The van der Waals surface area contributed by atoms with Gasteiger partial charge in [-0.2, -0.15) is 0 Å². The highest BCUT2D eigenvalue weighted by Gasteiger charge is 2.42. The minimum atomic E-state index is -0.759. The number of fused-ring (bicyclic) bond motifs is 1. The highest BCUT2D eigenvalue weighted by molar-refractivity contribution is 6.12. The molecule has 2 heterocycles. The molecule has 1 saturated heterocycles. The van der Waals surface area contributed by atoms with Crippen LogP contribution < -0.4 is 4.90 Å². The number of likely N-dealkylation sites (N-methyl/N-ethyl adjacent to an activating group) is 1. The molecule has 2 fully saturated rings. The number of carboxylic acid groups (broad SMARTS) is 1. The van der Waals surface area contributed by atoms with Gasteiger partial charge in [0.1, 0.15) is 6.54 Å². The zero-order valence-corrected chi connectivity index (χ0v) is 18.9. The minimum Gasteiger partial charge on any atom is -0.481 e. The molecule has 170 valence electrons. The zero-order chi connectivity index (χ0) is 21.3. The molecule has 1 aromatic carbocycles. The van der Waals surface area contributed by atoms with Crippen LogP contribution >= 0.6 is 12.4 Å². The zero-order valence-electron chi connectivity index (χ0n) is 18.1. The van der Waals surface area contributed by atoms with Crippen molar-refractivity contribution < 1.29 is 19.5 Å². The molecule has 4 rings (SSSR count). The number of anilines is 1. The van der Waals surface area contributed by atoms with E-state index in [1.165, 1.54) is 16.0 Å². The topological polar surface area (TPSA) is 81.2 Å². The summed E-state index contributed by atoms with van der Waals surface area (Å²) in [5.74, 6) is -0.502. The fraction of sp³-hybridized carbons (Fsp3) is 0.609. The van der Waals surface area contributed by atoms with Crippen LogP contribution in [0.15, 0.2) is 18.2 Å². The predicted molar refractivity (Wildman–Crippen MR) is 121 cm³/mol. The Balaban J connectivity index is 0.00000272. The fourth-order valence-electron chi connectivity index (χ4n) is 5.09. The Hall–Kier alpha value is -2.12. The van der Waals surface area contributed by atoms with Crippen LogP contribution in [0.1, 0.15) is 49.7 Å². The average Bonchev–Trinajstić information content (AvgIpc) is 2.90. The van der Waals surface area contributed by atoms with Crippen molar-refractivity contribution >= 4 is 36.0 Å². The number of amides is 3. The van der Waals surface area contributed by atoms with Gasteiger partial charge in [-0.15, -0.1) is 12.4 Å². The normalized spacial score (nSPS) is 24.5. The van der Waals surface area contributed by atoms with Crippen LogP contribution in [0.5, 0.6) is 0 Å². The number of carbonyl (C=O) groups excluding carboxylic acids is 2. The highest BCUT2D eigenvalue weighted by atomic mass is 35.5. The van der Waals surface area contributed by atoms with Gasteiger partial charge in [-0.3, -0.25) is 19.4 Å². The first-order valence-corrected chi connectivity index (χ1v) is 11.1. The van der Waals surface area contributed by atoms with E-state index in [2.05, 4.69) is 24.1 Å². The van der Waals surface area contributed by atoms with E-state index in [1.54, 1.807) is 4.90 Å². The van der Waals surface area contributed by atoms with Gasteiger partial charge in [0, 0.05) is 31.2 Å². The molecule has 2 aliphatic heterocycles. The first kappa shape index (κ1) is 23.5. The summed E-state index contributed by atoms with van der Waals surface area (Å²) >= 11 is 0. The van der Waals surface area contributed by atoms with Crippen molar-refractivity contribution in [3.63, 3.8) is 0 Å². The lowest BCUT2D eigenvalue weighted by molar-refractivity contribution is -0.137. The summed E-state index contributed by atoms with van der Waals surface area (Å²) in [7, 11) is 2.13. The standard InChI is InChI=1S/C23H31N3O4.ClH/c1-24-12-10-17-5-8-20(14-18(17)11-13-24)25-15-21(27)26(23(25)30)19-6-2-16(3-7-19)4-9-22(28)29;/h5,8,14,16,19H,2-4,6-7,9-13,15H2,1H3,(H,28,29);1H. The van der Waals surface area contributed by atoms with Crippen LogP contribution in [0.4, 0.5) is 10.5 Å². The van der Waals surface area contributed by atoms with Crippen LogP contribution in [-0.4, -0.2) is 65.5 Å². The Morgan fingerprint density at radius 3 is 2.42 bits per heavy atom. The number of carbonyl (C=O) groups is 3. The van der Waals surface area contributed by atoms with Gasteiger partial charge < -0.3 is 10.0 Å². The van der Waals surface area contributed by atoms with Crippen molar-refractivity contribution in [2.75, 3.05) is 31.6 Å². The molecule has 0 aromatic heterocycles. The number of carboxylic acids is 1. The number of hydrogen-bond acceptors (Lipinski definition) is 4. The Bertz CT molecular complexity index is 838. The SMILES string of the molecule is CN1CCc2ccc(N3CC(=O)N(C4CCC(CCC(=O)O)CC4)C3=O)cc2CC1.Cl. The van der Waals surface area contributed by atoms with Crippen LogP contribution in [0, 0.1) is 5.92 Å². The van der Waals surface area contributed by atoms with Crippen LogP contribution in [0.25, 0.3) is 0 Å². The molecular formula is C23H32ClN3O4. The molecule has 31 heavy (non-hydrogen) atoms. The van der Waals surface area contributed by atoms with Crippen molar-refractivity contribution in [2.24, 2.45) is 5.92 Å². The molecule has 3 aliphatic rings. The third kappa shape index (κ3) is 5.21. The molecule has 1 N–H and O–H groups in total. The van der Waals surface area contributed by atoms with Gasteiger partial charge in [-0.05, 0) is 81.2 Å². The van der Waals surface area contributed by atoms with Gasteiger partial charge in [0.15, 0.2) is 0 Å². The number of imide groups is 1. The minimum absolute atomic E-state index is 0. The maximum absolute atomic E-state index is 13.1. The van der Waals surface area contributed by atoms with Crippen LogP contribution in [0.3, 0.4) is 0 Å². The van der Waals surface area contributed by atoms with Crippen molar-refractivity contribution in [1.82, 2.24) is 9.80 Å². The molecule has 0 radical (unpaired) electrons. The van der Waals surface area contributed by atoms with E-state index >= 15 is 0 Å². The number of nitrogens with zero attached hydrogens (tertiary/aromatic N) is 3. The number of aliphatic carboxylic acids is 1. The first-order valence-electron chi connectivity index (χ1n) is 11.1. The third-order valence-electron chi connectivity index (χ3n) is 6.97. The lowest BCUT2D eigenvalue weighted by atomic mass is 9.83. The number of urea groups is 1. The number of rotatable bonds is 5. The molecule has 1 saturated carbocycles. The van der Waals surface area contributed by atoms with Gasteiger partial charge in [-0.1, -0.05) is 6.07 Å². The second-order valence-corrected chi connectivity index (χ2v) is 9.00. The monoisotopic (exact) mass is 449 g/mol. The molecule has 0 unspecified atom stereocenters. The Labute approximate surface area is 189 Å². The van der Waals surface area contributed by atoms with Gasteiger partial charge in [0.25, 0.3) is 5.91 Å². The molecular weight excluding hydrogens is 418 g/mol. The van der Waals surface area contributed by atoms with Crippen molar-refractivity contribution in [3.05, 3.63) is 29.3 Å². The molecule has 0 atom stereocenters. The largest absolute Gasteiger partial charge is 0.481 e. The summed E-state index contributed by atoms with van der Waals surface area (Å²) in [4.78, 5) is 42.1. The molecule has 0 spiro atoms. The highest BCUT2D eigenvalue weighted by Crippen LogP contribution is 2.34. The molecule has 3 amide bonds. The van der Waals surface area contributed by atoms with Gasteiger partial charge >= 0.3 is 12.0 Å². The van der Waals surface area contributed by atoms with Crippen LogP contribution in [0.2, 0.25) is 0 Å². The second kappa shape index (κ2) is 10.0. The van der Waals surface area contributed by atoms with E-state index in [9.17, 15) is 14.4 Å². The van der Waals surface area contributed by atoms with E-state index in [0.29, 0.717) is 12.3 Å². The van der Waals surface area contributed by atoms with E-state index in [0.717, 1.165) is 57.3 Å². The van der Waals surface area contributed by atoms with E-state index in [4.69, 9.17) is 5.11 Å². The summed E-state index contributed by atoms with van der Waals surface area (Å²) in [6, 6.07) is 5.90. The molecule has 8 heteroatoms. The number of hydrogen-bond donors (Lipinski definition) is 1. The predicted octanol–water partition coefficient (Wildman–Crippen LogP) is 3.33. The Morgan fingerprint density at radius 1 is 1.06 bits per heavy atom. The van der Waals surface area contributed by atoms with Crippen molar-refractivity contribution in [1.29, 1.82) is 0 Å². The van der Waals surface area contributed by atoms with E-state index < -0.39 is 5.97 Å². The summed E-state index contributed by atoms with van der Waals surface area (Å²) in [6.45, 7) is 2.15. The summed E-state index contributed by atoms with van der Waals surface area (Å²) in [6.07, 6.45) is 6.14. The smallest absolute Gasteiger partial charge is 0.331 e. The summed E-state index contributed by atoms with van der Waals surface area (Å²) < 4.78 is 0. The molecule has 7 nitrogen and oxygen atoms in total. The maximum atomic E-state index is 13.1. The van der Waals surface area contributed by atoms with E-state index in [-0.39, 0.29) is 43.4 Å². The lowest BCUT2D eigenvalue weighted by Gasteiger charge is -2.33. The Morgan fingerprint density at radius 2 is 1.74 bits per heavy atom. The fourth-order valence-corrected chi connectivity index (χ4v) is 5.09. The summed E-state index contributed by atoms with van der Waals surface area (Å²) in [5.41, 5.74) is 3.42. The molecule has 1 aromatic rings. The average molecular weight is 450 g/mol. The van der Waals surface area contributed by atoms with Crippen molar-refractivity contribution in [2.45, 2.75) is 57.4 Å². The lowest BCUT2D eigenvalue weighted by Crippen LogP contribution is -2.43. The first-order chi connectivity index (χ1) is 14.4.